The van der Waals surface area contributed by atoms with Gasteiger partial charge in [0.05, 0.1) is 6.54 Å². The number of carbonyl (C=O) groups is 1. The molecule has 0 bridgehead atoms. The van der Waals surface area contributed by atoms with Gasteiger partial charge in [-0.05, 0) is 42.7 Å². The highest BCUT2D eigenvalue weighted by Gasteiger charge is 2.25. The van der Waals surface area contributed by atoms with E-state index in [0.717, 1.165) is 30.8 Å². The highest BCUT2D eigenvalue weighted by atomic mass is 16.2. The Balaban J connectivity index is 1.43. The zero-order valence-electron chi connectivity index (χ0n) is 15.6. The quantitative estimate of drug-likeness (QED) is 0.745. The van der Waals surface area contributed by atoms with Crippen LogP contribution in [0.25, 0.3) is 0 Å². The lowest BCUT2D eigenvalue weighted by atomic mass is 10.0. The number of aromatic nitrogens is 1. The summed E-state index contributed by atoms with van der Waals surface area (Å²) >= 11 is 0. The van der Waals surface area contributed by atoms with E-state index in [0.29, 0.717) is 6.54 Å². The highest BCUT2D eigenvalue weighted by Crippen LogP contribution is 2.25. The largest absolute Gasteiger partial charge is 0.349 e. The third-order valence-electron chi connectivity index (χ3n) is 5.34. The molecule has 0 saturated carbocycles. The topological polar surface area (TPSA) is 37.3 Å². The summed E-state index contributed by atoms with van der Waals surface area (Å²) in [7, 11) is 0. The summed E-state index contributed by atoms with van der Waals surface area (Å²) in [6.07, 6.45) is 2.92. The Morgan fingerprint density at radius 2 is 1.78 bits per heavy atom. The predicted octanol–water partition coefficient (Wildman–Crippen LogP) is 4.09. The molecule has 0 spiro atoms. The Morgan fingerprint density at radius 1 is 1.00 bits per heavy atom. The van der Waals surface area contributed by atoms with Crippen molar-refractivity contribution >= 4 is 11.6 Å². The average molecular weight is 359 g/mol. The second-order valence-electron chi connectivity index (χ2n) is 7.14. The van der Waals surface area contributed by atoms with E-state index in [1.807, 2.05) is 36.4 Å². The van der Waals surface area contributed by atoms with Crippen molar-refractivity contribution in [2.75, 3.05) is 18.4 Å². The molecular formula is C23H25N3O. The van der Waals surface area contributed by atoms with Crippen molar-refractivity contribution < 1.29 is 4.79 Å². The molecular weight excluding hydrogens is 334 g/mol. The number of fused-ring (bicyclic) bond motifs is 1. The van der Waals surface area contributed by atoms with Crippen LogP contribution in [0.15, 0.2) is 72.9 Å². The fourth-order valence-electron chi connectivity index (χ4n) is 3.83. The van der Waals surface area contributed by atoms with Gasteiger partial charge in [-0.25, -0.2) is 0 Å². The van der Waals surface area contributed by atoms with E-state index in [4.69, 9.17) is 0 Å². The molecule has 0 unspecified atom stereocenters. The minimum absolute atomic E-state index is 0.0439. The van der Waals surface area contributed by atoms with Crippen LogP contribution < -0.4 is 5.32 Å². The van der Waals surface area contributed by atoms with E-state index in [9.17, 15) is 4.79 Å². The Hall–Kier alpha value is -2.85. The number of amides is 1. The van der Waals surface area contributed by atoms with Crippen LogP contribution in [-0.4, -0.2) is 28.5 Å². The molecule has 0 aliphatic carbocycles. The van der Waals surface area contributed by atoms with E-state index in [1.54, 1.807) is 0 Å². The van der Waals surface area contributed by atoms with Crippen LogP contribution in [0.5, 0.6) is 0 Å². The maximum atomic E-state index is 12.7. The molecule has 0 fully saturated rings. The van der Waals surface area contributed by atoms with Gasteiger partial charge in [0.15, 0.2) is 0 Å². The molecule has 4 nitrogen and oxygen atoms in total. The molecule has 1 N–H and O–H groups in total. The molecule has 138 valence electrons. The van der Waals surface area contributed by atoms with Gasteiger partial charge in [0, 0.05) is 36.7 Å². The van der Waals surface area contributed by atoms with Crippen molar-refractivity contribution in [2.45, 2.75) is 25.9 Å². The first-order chi connectivity index (χ1) is 13.2. The number of nitrogens with one attached hydrogen (secondary N) is 1. The van der Waals surface area contributed by atoms with Gasteiger partial charge in [-0.1, -0.05) is 48.5 Å². The second-order valence-corrected chi connectivity index (χ2v) is 7.14. The van der Waals surface area contributed by atoms with Crippen molar-refractivity contribution in [3.63, 3.8) is 0 Å². The zero-order valence-corrected chi connectivity index (χ0v) is 15.6. The third kappa shape index (κ3) is 3.96. The Morgan fingerprint density at radius 3 is 2.63 bits per heavy atom. The van der Waals surface area contributed by atoms with Crippen LogP contribution in [0, 0.1) is 0 Å². The van der Waals surface area contributed by atoms with Gasteiger partial charge < -0.3 is 9.88 Å². The van der Waals surface area contributed by atoms with Crippen molar-refractivity contribution in [3.05, 3.63) is 89.7 Å². The molecule has 27 heavy (non-hydrogen) atoms. The summed E-state index contributed by atoms with van der Waals surface area (Å²) in [5, 5.41) is 3.13. The fourth-order valence-corrected chi connectivity index (χ4v) is 3.83. The standard InChI is InChI=1S/C23H25N3O/c1-18-22-12-7-13-25(22)14-15-26(18)17-23(27)24-21-11-6-5-10-20(21)16-19-8-3-2-4-9-19/h2-13,18H,14-17H2,1H3,(H,24,27)/t18-/m0/s1. The Labute approximate surface area is 160 Å². The van der Waals surface area contributed by atoms with Gasteiger partial charge in [0.1, 0.15) is 0 Å². The molecule has 0 saturated heterocycles. The molecule has 4 heteroatoms. The van der Waals surface area contributed by atoms with E-state index in [1.165, 1.54) is 11.3 Å². The van der Waals surface area contributed by atoms with Crippen molar-refractivity contribution in [1.29, 1.82) is 0 Å². The van der Waals surface area contributed by atoms with Gasteiger partial charge in [-0.3, -0.25) is 9.69 Å². The maximum absolute atomic E-state index is 12.7. The van der Waals surface area contributed by atoms with E-state index >= 15 is 0 Å². The summed E-state index contributed by atoms with van der Waals surface area (Å²) in [5.74, 6) is 0.0439. The summed E-state index contributed by atoms with van der Waals surface area (Å²) in [6, 6.07) is 22.9. The maximum Gasteiger partial charge on any atom is 0.238 e. The number of benzene rings is 2. The van der Waals surface area contributed by atoms with Crippen molar-refractivity contribution in [1.82, 2.24) is 9.47 Å². The number of hydrogen-bond donors (Lipinski definition) is 1. The number of nitrogens with zero attached hydrogens (tertiary/aromatic N) is 2. The second kappa shape index (κ2) is 7.80. The molecule has 1 atom stereocenters. The van der Waals surface area contributed by atoms with Crippen LogP contribution in [0.3, 0.4) is 0 Å². The molecule has 1 amide bonds. The minimum atomic E-state index is 0.0439. The molecule has 4 rings (SSSR count). The third-order valence-corrected chi connectivity index (χ3v) is 5.34. The summed E-state index contributed by atoms with van der Waals surface area (Å²) in [6.45, 7) is 4.40. The van der Waals surface area contributed by atoms with Crippen LogP contribution in [0.4, 0.5) is 5.69 Å². The number of anilines is 1. The lowest BCUT2D eigenvalue weighted by Crippen LogP contribution is -2.41. The van der Waals surface area contributed by atoms with Crippen LogP contribution >= 0.6 is 0 Å². The number of carbonyl (C=O) groups excluding carboxylic acids is 1. The normalized spacial score (nSPS) is 16.7. The fraction of sp³-hybridized carbons (Fsp3) is 0.261. The summed E-state index contributed by atoms with van der Waals surface area (Å²) in [5.41, 5.74) is 4.56. The lowest BCUT2D eigenvalue weighted by Gasteiger charge is -2.34. The first-order valence-electron chi connectivity index (χ1n) is 9.51. The molecule has 3 aromatic rings. The molecule has 2 heterocycles. The molecule has 1 aromatic heterocycles. The van der Waals surface area contributed by atoms with Crippen LogP contribution in [0.2, 0.25) is 0 Å². The monoisotopic (exact) mass is 359 g/mol. The van der Waals surface area contributed by atoms with Crippen molar-refractivity contribution in [3.8, 4) is 0 Å². The highest BCUT2D eigenvalue weighted by molar-refractivity contribution is 5.93. The Bertz CT molecular complexity index is 916. The average Bonchev–Trinajstić information content (AvgIpc) is 3.16. The van der Waals surface area contributed by atoms with Gasteiger partial charge in [0.2, 0.25) is 5.91 Å². The van der Waals surface area contributed by atoms with E-state index in [2.05, 4.69) is 58.2 Å². The first-order valence-corrected chi connectivity index (χ1v) is 9.51. The molecule has 2 aromatic carbocycles. The van der Waals surface area contributed by atoms with Crippen LogP contribution in [0.1, 0.15) is 29.8 Å². The van der Waals surface area contributed by atoms with Crippen LogP contribution in [-0.2, 0) is 17.8 Å². The summed E-state index contributed by atoms with van der Waals surface area (Å²) < 4.78 is 2.27. The van der Waals surface area contributed by atoms with Gasteiger partial charge in [0.25, 0.3) is 0 Å². The first kappa shape index (κ1) is 17.6. The number of rotatable bonds is 5. The van der Waals surface area contributed by atoms with Gasteiger partial charge in [-0.15, -0.1) is 0 Å². The minimum Gasteiger partial charge on any atom is -0.349 e. The lowest BCUT2D eigenvalue weighted by molar-refractivity contribution is -0.118. The number of hydrogen-bond acceptors (Lipinski definition) is 2. The smallest absolute Gasteiger partial charge is 0.238 e. The Kier molecular flexibility index (Phi) is 5.07. The molecule has 1 aliphatic heterocycles. The molecule has 0 radical (unpaired) electrons. The molecule has 1 aliphatic rings. The summed E-state index contributed by atoms with van der Waals surface area (Å²) in [4.78, 5) is 15.0. The zero-order chi connectivity index (χ0) is 18.6. The van der Waals surface area contributed by atoms with E-state index in [-0.39, 0.29) is 11.9 Å². The van der Waals surface area contributed by atoms with Crippen molar-refractivity contribution in [2.24, 2.45) is 0 Å². The predicted molar refractivity (Wildman–Crippen MR) is 109 cm³/mol. The number of para-hydroxylation sites is 1. The van der Waals surface area contributed by atoms with E-state index < -0.39 is 0 Å². The van der Waals surface area contributed by atoms with Gasteiger partial charge >= 0.3 is 0 Å². The van der Waals surface area contributed by atoms with Gasteiger partial charge in [-0.2, -0.15) is 0 Å². The SMILES string of the molecule is C[C@H]1c2cccn2CCN1CC(=O)Nc1ccccc1Cc1ccccc1.